The van der Waals surface area contributed by atoms with Crippen LogP contribution in [0.2, 0.25) is 0 Å². The van der Waals surface area contributed by atoms with E-state index >= 15 is 0 Å². The summed E-state index contributed by atoms with van der Waals surface area (Å²) in [5.74, 6) is 0.169. The van der Waals surface area contributed by atoms with Crippen molar-refractivity contribution < 1.29 is 14.3 Å². The number of esters is 1. The first-order valence-corrected chi connectivity index (χ1v) is 8.63. The molecule has 26 heavy (non-hydrogen) atoms. The molecule has 3 saturated heterocycles. The smallest absolute Gasteiger partial charge is 0.340 e. The SMILES string of the molecule is COc1cc(C#N)cc2[nH]cc(C(=O)OCC34CCN(CC3)CC4)c12.Cl. The highest BCUT2D eigenvalue weighted by molar-refractivity contribution is 6.07. The third-order valence-corrected chi connectivity index (χ3v) is 5.70. The number of nitriles is 1. The van der Waals surface area contributed by atoms with E-state index in [1.807, 2.05) is 0 Å². The molecule has 138 valence electrons. The lowest BCUT2D eigenvalue weighted by Gasteiger charge is -2.47. The van der Waals surface area contributed by atoms with E-state index in [2.05, 4.69) is 16.0 Å². The van der Waals surface area contributed by atoms with Crippen molar-refractivity contribution in [3.05, 3.63) is 29.5 Å². The fourth-order valence-corrected chi connectivity index (χ4v) is 4.02. The van der Waals surface area contributed by atoms with Crippen LogP contribution in [0.5, 0.6) is 5.75 Å². The van der Waals surface area contributed by atoms with Crippen LogP contribution >= 0.6 is 12.4 Å². The number of halogens is 1. The van der Waals surface area contributed by atoms with Gasteiger partial charge >= 0.3 is 5.97 Å². The van der Waals surface area contributed by atoms with Crippen LogP contribution in [0.25, 0.3) is 10.9 Å². The Hall–Kier alpha value is -2.23. The lowest BCUT2D eigenvalue weighted by atomic mass is 9.73. The van der Waals surface area contributed by atoms with Crippen molar-refractivity contribution >= 4 is 29.3 Å². The highest BCUT2D eigenvalue weighted by Crippen LogP contribution is 2.40. The van der Waals surface area contributed by atoms with Crippen molar-refractivity contribution in [2.24, 2.45) is 5.41 Å². The molecule has 0 unspecified atom stereocenters. The number of ether oxygens (including phenoxy) is 2. The van der Waals surface area contributed by atoms with Gasteiger partial charge in [-0.15, -0.1) is 12.4 Å². The van der Waals surface area contributed by atoms with Gasteiger partial charge < -0.3 is 19.4 Å². The molecular weight excluding hydrogens is 354 g/mol. The first-order chi connectivity index (χ1) is 12.1. The molecule has 2 bridgehead atoms. The second-order valence-corrected chi connectivity index (χ2v) is 7.08. The Bertz CT molecular complexity index is 849. The van der Waals surface area contributed by atoms with Gasteiger partial charge in [-0.05, 0) is 51.0 Å². The highest BCUT2D eigenvalue weighted by Gasteiger charge is 2.40. The molecule has 6 nitrogen and oxygen atoms in total. The van der Waals surface area contributed by atoms with E-state index in [1.165, 1.54) is 7.11 Å². The Kier molecular flexibility index (Phi) is 5.12. The molecule has 7 heteroatoms. The number of benzene rings is 1. The van der Waals surface area contributed by atoms with Crippen LogP contribution in [0.4, 0.5) is 0 Å². The lowest BCUT2D eigenvalue weighted by molar-refractivity contribution is -0.0304. The Morgan fingerprint density at radius 1 is 1.31 bits per heavy atom. The van der Waals surface area contributed by atoms with Gasteiger partial charge in [0.05, 0.1) is 41.8 Å². The molecule has 0 atom stereocenters. The summed E-state index contributed by atoms with van der Waals surface area (Å²) in [7, 11) is 1.53. The predicted octanol–water partition coefficient (Wildman–Crippen LogP) is 3.11. The number of carbonyl (C=O) groups is 1. The summed E-state index contributed by atoms with van der Waals surface area (Å²) in [6.45, 7) is 3.80. The number of rotatable bonds is 4. The van der Waals surface area contributed by atoms with Crippen LogP contribution in [0.15, 0.2) is 18.3 Å². The zero-order valence-electron chi connectivity index (χ0n) is 14.7. The molecule has 0 amide bonds. The highest BCUT2D eigenvalue weighted by atomic mass is 35.5. The Labute approximate surface area is 158 Å². The van der Waals surface area contributed by atoms with Gasteiger partial charge in [-0.3, -0.25) is 0 Å². The number of methoxy groups -OCH3 is 1. The van der Waals surface area contributed by atoms with E-state index in [4.69, 9.17) is 14.7 Å². The van der Waals surface area contributed by atoms with Crippen LogP contribution in [0, 0.1) is 16.7 Å². The summed E-state index contributed by atoms with van der Waals surface area (Å²) in [5.41, 5.74) is 1.79. The number of nitrogens with one attached hydrogen (secondary N) is 1. The second kappa shape index (κ2) is 7.18. The average Bonchev–Trinajstić information content (AvgIpc) is 3.11. The maximum atomic E-state index is 12.7. The second-order valence-electron chi connectivity index (χ2n) is 7.08. The van der Waals surface area contributed by atoms with Crippen molar-refractivity contribution in [3.63, 3.8) is 0 Å². The number of hydrogen-bond acceptors (Lipinski definition) is 5. The van der Waals surface area contributed by atoms with Crippen molar-refractivity contribution in [2.75, 3.05) is 33.4 Å². The molecular formula is C19H22ClN3O3. The minimum absolute atomic E-state index is 0. The van der Waals surface area contributed by atoms with Gasteiger partial charge in [0, 0.05) is 11.6 Å². The van der Waals surface area contributed by atoms with Crippen molar-refractivity contribution in [3.8, 4) is 11.8 Å². The standard InChI is InChI=1S/C19H21N3O3.ClH/c1-24-16-9-13(10-20)8-15-17(16)14(11-21-15)18(23)25-12-19-2-5-22(6-3-19)7-4-19;/h8-9,11,21H,2-7,12H2,1H3;1H. The summed E-state index contributed by atoms with van der Waals surface area (Å²) >= 11 is 0. The summed E-state index contributed by atoms with van der Waals surface area (Å²) in [4.78, 5) is 18.2. The van der Waals surface area contributed by atoms with E-state index in [9.17, 15) is 4.79 Å². The molecule has 1 N–H and O–H groups in total. The van der Waals surface area contributed by atoms with Gasteiger partial charge in [-0.25, -0.2) is 4.79 Å². The Morgan fingerprint density at radius 2 is 2.00 bits per heavy atom. The normalized spacial score (nSPS) is 23.9. The third kappa shape index (κ3) is 3.13. The quantitative estimate of drug-likeness (QED) is 0.831. The van der Waals surface area contributed by atoms with E-state index in [-0.39, 0.29) is 23.8 Å². The number of carbonyl (C=O) groups excluding carboxylic acids is 1. The molecule has 0 saturated carbocycles. The van der Waals surface area contributed by atoms with Crippen LogP contribution in [0.1, 0.15) is 35.2 Å². The molecule has 5 rings (SSSR count). The van der Waals surface area contributed by atoms with Gasteiger partial charge in [0.25, 0.3) is 0 Å². The van der Waals surface area contributed by atoms with E-state index < -0.39 is 0 Å². The number of aromatic nitrogens is 1. The van der Waals surface area contributed by atoms with Crippen molar-refractivity contribution in [1.29, 1.82) is 5.26 Å². The Morgan fingerprint density at radius 3 is 2.62 bits per heavy atom. The number of aromatic amines is 1. The zero-order chi connectivity index (χ0) is 17.4. The number of H-pyrrole nitrogens is 1. The largest absolute Gasteiger partial charge is 0.496 e. The monoisotopic (exact) mass is 375 g/mol. The molecule has 0 spiro atoms. The molecule has 1 aromatic carbocycles. The molecule has 0 radical (unpaired) electrons. The number of fused-ring (bicyclic) bond motifs is 4. The minimum Gasteiger partial charge on any atom is -0.496 e. The maximum absolute atomic E-state index is 12.7. The topological polar surface area (TPSA) is 78.3 Å². The zero-order valence-corrected chi connectivity index (χ0v) is 15.5. The van der Waals surface area contributed by atoms with Gasteiger partial charge in [0.1, 0.15) is 5.75 Å². The van der Waals surface area contributed by atoms with Crippen LogP contribution in [0.3, 0.4) is 0 Å². The molecule has 0 aliphatic carbocycles. The number of hydrogen-bond donors (Lipinski definition) is 1. The first kappa shape index (κ1) is 18.6. The van der Waals surface area contributed by atoms with Crippen molar-refractivity contribution in [1.82, 2.24) is 9.88 Å². The third-order valence-electron chi connectivity index (χ3n) is 5.70. The van der Waals surface area contributed by atoms with Gasteiger partial charge in [-0.1, -0.05) is 0 Å². The summed E-state index contributed by atoms with van der Waals surface area (Å²) in [5, 5.41) is 9.78. The number of nitrogens with zero attached hydrogens (tertiary/aromatic N) is 2. The van der Waals surface area contributed by atoms with E-state index in [1.54, 1.807) is 18.3 Å². The lowest BCUT2D eigenvalue weighted by Crippen LogP contribution is -2.50. The molecule has 3 aliphatic heterocycles. The number of piperidine rings is 3. The van der Waals surface area contributed by atoms with Gasteiger partial charge in [-0.2, -0.15) is 5.26 Å². The molecule has 2 aromatic rings. The summed E-state index contributed by atoms with van der Waals surface area (Å²) in [6, 6.07) is 5.45. The fourth-order valence-electron chi connectivity index (χ4n) is 4.02. The minimum atomic E-state index is -0.336. The molecule has 4 heterocycles. The maximum Gasteiger partial charge on any atom is 0.340 e. The Balaban J connectivity index is 0.00000196. The average molecular weight is 376 g/mol. The van der Waals surface area contributed by atoms with Crippen LogP contribution in [-0.2, 0) is 4.74 Å². The van der Waals surface area contributed by atoms with Gasteiger partial charge in [0.15, 0.2) is 0 Å². The molecule has 3 aliphatic rings. The summed E-state index contributed by atoms with van der Waals surface area (Å²) < 4.78 is 11.1. The van der Waals surface area contributed by atoms with E-state index in [0.717, 1.165) is 38.9 Å². The summed E-state index contributed by atoms with van der Waals surface area (Å²) in [6.07, 6.45) is 4.94. The van der Waals surface area contributed by atoms with E-state index in [0.29, 0.717) is 34.4 Å². The molecule has 3 fully saturated rings. The van der Waals surface area contributed by atoms with Crippen LogP contribution in [-0.4, -0.2) is 49.2 Å². The predicted molar refractivity (Wildman–Crippen MR) is 99.8 cm³/mol. The van der Waals surface area contributed by atoms with Crippen molar-refractivity contribution in [2.45, 2.75) is 19.3 Å². The first-order valence-electron chi connectivity index (χ1n) is 8.63. The fraction of sp³-hybridized carbons (Fsp3) is 0.474. The van der Waals surface area contributed by atoms with Crippen LogP contribution < -0.4 is 4.74 Å². The van der Waals surface area contributed by atoms with Gasteiger partial charge in [0.2, 0.25) is 0 Å². The molecule has 1 aromatic heterocycles.